The van der Waals surface area contributed by atoms with Crippen molar-refractivity contribution in [2.45, 2.75) is 37.0 Å². The number of rotatable bonds is 3. The van der Waals surface area contributed by atoms with Gasteiger partial charge in [0.15, 0.2) is 0 Å². The van der Waals surface area contributed by atoms with E-state index in [2.05, 4.69) is 35.8 Å². The van der Waals surface area contributed by atoms with Crippen LogP contribution in [0.1, 0.15) is 32.4 Å². The van der Waals surface area contributed by atoms with Crippen molar-refractivity contribution in [2.75, 3.05) is 0 Å². The topological polar surface area (TPSA) is 20.2 Å². The molecule has 1 aromatic carbocycles. The molecule has 14 heavy (non-hydrogen) atoms. The van der Waals surface area contributed by atoms with Crippen molar-refractivity contribution in [3.63, 3.8) is 0 Å². The Labute approximate surface area is 98.0 Å². The third kappa shape index (κ3) is 3.30. The van der Waals surface area contributed by atoms with E-state index in [1.54, 1.807) is 6.92 Å². The monoisotopic (exact) mass is 274 g/mol. The van der Waals surface area contributed by atoms with Crippen LogP contribution in [0.15, 0.2) is 27.6 Å². The summed E-state index contributed by atoms with van der Waals surface area (Å²) in [6, 6.07) is 6.01. The fraction of sp³-hybridized carbons (Fsp3) is 0.455. The van der Waals surface area contributed by atoms with E-state index < -0.39 is 6.10 Å². The number of hydrogen-bond donors (Lipinski definition) is 1. The number of benzene rings is 1. The smallest absolute Gasteiger partial charge is 0.0762 e. The van der Waals surface area contributed by atoms with Gasteiger partial charge in [-0.15, -0.1) is 11.8 Å². The average Bonchev–Trinajstić information content (AvgIpc) is 2.07. The van der Waals surface area contributed by atoms with Gasteiger partial charge in [-0.2, -0.15) is 0 Å². The van der Waals surface area contributed by atoms with Gasteiger partial charge < -0.3 is 5.11 Å². The van der Waals surface area contributed by atoms with Crippen molar-refractivity contribution in [3.8, 4) is 0 Å². The second-order valence-corrected chi connectivity index (χ2v) is 6.01. The Morgan fingerprint density at radius 2 is 1.93 bits per heavy atom. The summed E-state index contributed by atoms with van der Waals surface area (Å²) in [6.07, 6.45) is -0.399. The number of aliphatic hydroxyl groups is 1. The van der Waals surface area contributed by atoms with Crippen LogP contribution >= 0.6 is 27.7 Å². The minimum Gasteiger partial charge on any atom is -0.389 e. The van der Waals surface area contributed by atoms with Crippen molar-refractivity contribution in [1.82, 2.24) is 0 Å². The second kappa shape index (κ2) is 5.19. The predicted octanol–water partition coefficient (Wildman–Crippen LogP) is 4.00. The Kier molecular flexibility index (Phi) is 4.48. The Balaban J connectivity index is 2.90. The fourth-order valence-corrected chi connectivity index (χ4v) is 2.63. The zero-order valence-corrected chi connectivity index (χ0v) is 11.0. The van der Waals surface area contributed by atoms with Gasteiger partial charge in [-0.1, -0.05) is 19.9 Å². The second-order valence-electron chi connectivity index (χ2n) is 3.53. The van der Waals surface area contributed by atoms with E-state index in [-0.39, 0.29) is 0 Å². The van der Waals surface area contributed by atoms with Crippen LogP contribution < -0.4 is 0 Å². The van der Waals surface area contributed by atoms with Crippen LogP contribution in [0.2, 0.25) is 0 Å². The molecule has 0 aliphatic carbocycles. The number of hydrogen-bond acceptors (Lipinski definition) is 2. The summed E-state index contributed by atoms with van der Waals surface area (Å²) in [5, 5.41) is 9.97. The van der Waals surface area contributed by atoms with Gasteiger partial charge >= 0.3 is 0 Å². The van der Waals surface area contributed by atoms with E-state index in [1.165, 1.54) is 4.90 Å². The summed E-state index contributed by atoms with van der Waals surface area (Å²) >= 11 is 5.33. The standard InChI is InChI=1S/C11H15BrOS/c1-7(2)14-11-5-4-9(8(3)13)6-10(11)12/h4-8,13H,1-3H3. The zero-order valence-electron chi connectivity index (χ0n) is 8.62. The van der Waals surface area contributed by atoms with Crippen molar-refractivity contribution in [2.24, 2.45) is 0 Å². The first-order valence-corrected chi connectivity index (χ1v) is 6.32. The lowest BCUT2D eigenvalue weighted by Crippen LogP contribution is -1.92. The Bertz CT molecular complexity index is 310. The lowest BCUT2D eigenvalue weighted by molar-refractivity contribution is 0.199. The fourth-order valence-electron chi connectivity index (χ4n) is 1.13. The highest BCUT2D eigenvalue weighted by Gasteiger charge is 2.06. The molecule has 0 aromatic heterocycles. The molecule has 0 spiro atoms. The van der Waals surface area contributed by atoms with Crippen LogP contribution in [0.3, 0.4) is 0 Å². The zero-order chi connectivity index (χ0) is 10.7. The molecule has 0 bridgehead atoms. The van der Waals surface area contributed by atoms with E-state index in [4.69, 9.17) is 0 Å². The van der Waals surface area contributed by atoms with E-state index in [0.717, 1.165) is 10.0 Å². The first kappa shape index (κ1) is 12.1. The molecule has 78 valence electrons. The highest BCUT2D eigenvalue weighted by Crippen LogP contribution is 2.32. The van der Waals surface area contributed by atoms with Gasteiger partial charge in [0.25, 0.3) is 0 Å². The van der Waals surface area contributed by atoms with E-state index in [1.807, 2.05) is 23.9 Å². The molecule has 0 amide bonds. The molecule has 1 N–H and O–H groups in total. The molecule has 1 unspecified atom stereocenters. The van der Waals surface area contributed by atoms with Gasteiger partial charge in [0, 0.05) is 14.6 Å². The van der Waals surface area contributed by atoms with Crippen LogP contribution in [0.5, 0.6) is 0 Å². The molecule has 0 fully saturated rings. The first-order chi connectivity index (χ1) is 6.50. The molecule has 0 aliphatic heterocycles. The molecule has 0 saturated carbocycles. The number of aliphatic hydroxyl groups excluding tert-OH is 1. The molecule has 0 radical (unpaired) electrons. The Morgan fingerprint density at radius 1 is 1.29 bits per heavy atom. The Morgan fingerprint density at radius 3 is 2.36 bits per heavy atom. The summed E-state index contributed by atoms with van der Waals surface area (Å²) in [7, 11) is 0. The maximum Gasteiger partial charge on any atom is 0.0762 e. The normalized spacial score (nSPS) is 13.3. The van der Waals surface area contributed by atoms with E-state index >= 15 is 0 Å². The van der Waals surface area contributed by atoms with Gasteiger partial charge in [0.2, 0.25) is 0 Å². The third-order valence-electron chi connectivity index (χ3n) is 1.80. The molecule has 0 saturated heterocycles. The molecule has 3 heteroatoms. The minimum absolute atomic E-state index is 0.399. The van der Waals surface area contributed by atoms with Crippen LogP contribution in [0, 0.1) is 0 Å². The van der Waals surface area contributed by atoms with E-state index in [0.29, 0.717) is 5.25 Å². The maximum atomic E-state index is 9.39. The lowest BCUT2D eigenvalue weighted by Gasteiger charge is -2.10. The molecule has 1 nitrogen and oxygen atoms in total. The summed E-state index contributed by atoms with van der Waals surface area (Å²) < 4.78 is 1.06. The third-order valence-corrected chi connectivity index (χ3v) is 3.80. The van der Waals surface area contributed by atoms with Gasteiger partial charge in [-0.25, -0.2) is 0 Å². The summed E-state index contributed by atoms with van der Waals surface area (Å²) in [5.41, 5.74) is 0.949. The predicted molar refractivity (Wildman–Crippen MR) is 65.8 cm³/mol. The molecule has 1 aromatic rings. The van der Waals surface area contributed by atoms with Crippen LogP contribution in [-0.2, 0) is 0 Å². The molecule has 1 atom stereocenters. The first-order valence-electron chi connectivity index (χ1n) is 4.65. The van der Waals surface area contributed by atoms with Crippen LogP contribution in [0.4, 0.5) is 0 Å². The SMILES string of the molecule is CC(C)Sc1ccc(C(C)O)cc1Br. The lowest BCUT2D eigenvalue weighted by atomic mass is 10.1. The highest BCUT2D eigenvalue weighted by atomic mass is 79.9. The Hall–Kier alpha value is 0.01000. The summed E-state index contributed by atoms with van der Waals surface area (Å²) in [6.45, 7) is 6.11. The molecule has 0 heterocycles. The maximum absolute atomic E-state index is 9.39. The van der Waals surface area contributed by atoms with Crippen LogP contribution in [0.25, 0.3) is 0 Å². The number of halogens is 1. The van der Waals surface area contributed by atoms with Crippen molar-refractivity contribution in [1.29, 1.82) is 0 Å². The molecule has 0 aliphatic rings. The van der Waals surface area contributed by atoms with E-state index in [9.17, 15) is 5.11 Å². The minimum atomic E-state index is -0.399. The molecule has 1 rings (SSSR count). The average molecular weight is 275 g/mol. The number of thioether (sulfide) groups is 1. The van der Waals surface area contributed by atoms with Gasteiger partial charge in [-0.05, 0) is 40.5 Å². The largest absolute Gasteiger partial charge is 0.389 e. The highest BCUT2D eigenvalue weighted by molar-refractivity contribution is 9.10. The van der Waals surface area contributed by atoms with Crippen molar-refractivity contribution < 1.29 is 5.11 Å². The summed E-state index contributed by atoms with van der Waals surface area (Å²) in [4.78, 5) is 1.23. The van der Waals surface area contributed by atoms with Gasteiger partial charge in [0.1, 0.15) is 0 Å². The van der Waals surface area contributed by atoms with Gasteiger partial charge in [0.05, 0.1) is 6.10 Å². The molecular formula is C11H15BrOS. The van der Waals surface area contributed by atoms with Gasteiger partial charge in [-0.3, -0.25) is 0 Å². The molecular weight excluding hydrogens is 260 g/mol. The summed E-state index contributed by atoms with van der Waals surface area (Å²) in [5.74, 6) is 0. The van der Waals surface area contributed by atoms with Crippen molar-refractivity contribution >= 4 is 27.7 Å². The quantitative estimate of drug-likeness (QED) is 0.841. The van der Waals surface area contributed by atoms with Crippen LogP contribution in [-0.4, -0.2) is 10.4 Å². The van der Waals surface area contributed by atoms with Crippen molar-refractivity contribution in [3.05, 3.63) is 28.2 Å².